The minimum Gasteiger partial charge on any atom is -0.324 e. The van der Waals surface area contributed by atoms with Crippen LogP contribution in [0.2, 0.25) is 0 Å². The van der Waals surface area contributed by atoms with Crippen LogP contribution in [0.4, 0.5) is 20.2 Å². The lowest BCUT2D eigenvalue weighted by Gasteiger charge is -2.20. The number of halogens is 2. The van der Waals surface area contributed by atoms with Crippen molar-refractivity contribution in [2.75, 3.05) is 16.8 Å². The Bertz CT molecular complexity index is 1100. The van der Waals surface area contributed by atoms with Gasteiger partial charge in [0.25, 0.3) is 11.8 Å². The van der Waals surface area contributed by atoms with Gasteiger partial charge < -0.3 is 5.32 Å². The second-order valence-corrected chi connectivity index (χ2v) is 7.10. The van der Waals surface area contributed by atoms with Crippen LogP contribution in [0.25, 0.3) is 0 Å². The van der Waals surface area contributed by atoms with Gasteiger partial charge in [-0.3, -0.25) is 19.4 Å². The SMILES string of the molecule is Cc1cccc(NC(=O)CN2N=N[C@@H]3C(=O)N(c4ccc(F)c(F)c4)C(=O)[C@@H]32)c1C. The molecule has 0 aromatic heterocycles. The molecule has 0 aliphatic carbocycles. The van der Waals surface area contributed by atoms with Gasteiger partial charge in [0.2, 0.25) is 5.91 Å². The average Bonchev–Trinajstić information content (AvgIpc) is 3.21. The van der Waals surface area contributed by atoms with Crippen LogP contribution < -0.4 is 10.2 Å². The Hall–Kier alpha value is -3.69. The van der Waals surface area contributed by atoms with E-state index in [4.69, 9.17) is 0 Å². The van der Waals surface area contributed by atoms with Crippen LogP contribution in [0.15, 0.2) is 46.7 Å². The molecule has 2 heterocycles. The van der Waals surface area contributed by atoms with Crippen LogP contribution in [-0.2, 0) is 14.4 Å². The minimum absolute atomic E-state index is 0.103. The quantitative estimate of drug-likeness (QED) is 0.780. The van der Waals surface area contributed by atoms with E-state index in [1.54, 1.807) is 6.07 Å². The summed E-state index contributed by atoms with van der Waals surface area (Å²) in [6, 6.07) is 5.95. The Morgan fingerprint density at radius 1 is 1.10 bits per heavy atom. The van der Waals surface area contributed by atoms with E-state index in [-0.39, 0.29) is 12.2 Å². The number of anilines is 2. The van der Waals surface area contributed by atoms with Crippen LogP contribution in [0.3, 0.4) is 0 Å². The van der Waals surface area contributed by atoms with Crippen LogP contribution in [0.5, 0.6) is 0 Å². The van der Waals surface area contributed by atoms with Gasteiger partial charge in [0.1, 0.15) is 6.54 Å². The van der Waals surface area contributed by atoms with Gasteiger partial charge in [-0.1, -0.05) is 17.4 Å². The zero-order valence-corrected chi connectivity index (χ0v) is 16.1. The topological polar surface area (TPSA) is 94.4 Å². The summed E-state index contributed by atoms with van der Waals surface area (Å²) in [5.74, 6) is -4.13. The predicted octanol–water partition coefficient (Wildman–Crippen LogP) is 2.51. The number of benzene rings is 2. The van der Waals surface area contributed by atoms with Crippen LogP contribution in [0, 0.1) is 25.5 Å². The number of carbonyl (C=O) groups excluding carboxylic acids is 3. The first-order chi connectivity index (χ1) is 14.3. The van der Waals surface area contributed by atoms with Gasteiger partial charge in [-0.25, -0.2) is 13.7 Å². The normalized spacial score (nSPS) is 20.1. The molecule has 154 valence electrons. The second kappa shape index (κ2) is 7.29. The first-order valence-corrected chi connectivity index (χ1v) is 9.14. The lowest BCUT2D eigenvalue weighted by Crippen LogP contribution is -2.43. The number of nitrogens with one attached hydrogen (secondary N) is 1. The monoisotopic (exact) mass is 413 g/mol. The summed E-state index contributed by atoms with van der Waals surface area (Å²) in [6.07, 6.45) is 0. The van der Waals surface area contributed by atoms with E-state index in [0.29, 0.717) is 5.69 Å². The molecule has 0 bridgehead atoms. The number of fused-ring (bicyclic) bond motifs is 1. The Morgan fingerprint density at radius 3 is 2.60 bits per heavy atom. The van der Waals surface area contributed by atoms with E-state index in [1.807, 2.05) is 26.0 Å². The molecule has 2 aromatic rings. The zero-order chi connectivity index (χ0) is 21.6. The van der Waals surface area contributed by atoms with Crippen molar-refractivity contribution < 1.29 is 23.2 Å². The summed E-state index contributed by atoms with van der Waals surface area (Å²) >= 11 is 0. The number of aryl methyl sites for hydroxylation is 1. The molecule has 4 rings (SSSR count). The fraction of sp³-hybridized carbons (Fsp3) is 0.250. The summed E-state index contributed by atoms with van der Waals surface area (Å²) in [5.41, 5.74) is 2.44. The molecule has 0 radical (unpaired) electrons. The molecule has 0 saturated carbocycles. The minimum atomic E-state index is -1.18. The average molecular weight is 413 g/mol. The second-order valence-electron chi connectivity index (χ2n) is 7.10. The molecule has 8 nitrogen and oxygen atoms in total. The fourth-order valence-corrected chi connectivity index (χ4v) is 3.46. The number of imide groups is 1. The number of carbonyl (C=O) groups is 3. The number of nitrogens with zero attached hydrogens (tertiary/aromatic N) is 4. The largest absolute Gasteiger partial charge is 0.324 e. The Kier molecular flexibility index (Phi) is 4.76. The molecular formula is C20H17F2N5O3. The van der Waals surface area contributed by atoms with E-state index >= 15 is 0 Å². The third-order valence-electron chi connectivity index (χ3n) is 5.20. The summed E-state index contributed by atoms with van der Waals surface area (Å²) < 4.78 is 26.8. The maximum Gasteiger partial charge on any atom is 0.263 e. The van der Waals surface area contributed by atoms with E-state index < -0.39 is 41.4 Å². The van der Waals surface area contributed by atoms with E-state index in [1.165, 1.54) is 0 Å². The fourth-order valence-electron chi connectivity index (χ4n) is 3.46. The molecule has 1 fully saturated rings. The molecule has 2 aliphatic rings. The van der Waals surface area contributed by atoms with Crippen molar-refractivity contribution in [2.24, 2.45) is 10.3 Å². The highest BCUT2D eigenvalue weighted by atomic mass is 19.2. The van der Waals surface area contributed by atoms with Gasteiger partial charge in [-0.15, -0.1) is 0 Å². The van der Waals surface area contributed by atoms with Gasteiger partial charge in [0.05, 0.1) is 5.69 Å². The van der Waals surface area contributed by atoms with Crippen molar-refractivity contribution in [1.29, 1.82) is 0 Å². The third-order valence-corrected chi connectivity index (χ3v) is 5.20. The maximum atomic E-state index is 13.6. The summed E-state index contributed by atoms with van der Waals surface area (Å²) in [4.78, 5) is 38.7. The Balaban J connectivity index is 1.51. The Morgan fingerprint density at radius 2 is 1.87 bits per heavy atom. The maximum absolute atomic E-state index is 13.6. The zero-order valence-electron chi connectivity index (χ0n) is 16.1. The molecule has 0 spiro atoms. The van der Waals surface area contributed by atoms with Crippen molar-refractivity contribution in [2.45, 2.75) is 25.9 Å². The Labute approximate surface area is 170 Å². The standard InChI is InChI=1S/C20H17F2N5O3/c1-10-4-3-5-15(11(10)2)23-16(28)9-26-18-17(24-25-26)19(29)27(20(18)30)12-6-7-13(21)14(22)8-12/h3-8,17-18H,9H2,1-2H3,(H,23,28)/t17-,18+/m0/s1. The predicted molar refractivity (Wildman–Crippen MR) is 103 cm³/mol. The van der Waals surface area contributed by atoms with Crippen molar-refractivity contribution >= 4 is 29.1 Å². The van der Waals surface area contributed by atoms with Crippen LogP contribution >= 0.6 is 0 Å². The van der Waals surface area contributed by atoms with Gasteiger partial charge in [-0.2, -0.15) is 5.11 Å². The van der Waals surface area contributed by atoms with Crippen LogP contribution in [-0.4, -0.2) is 41.4 Å². The lowest BCUT2D eigenvalue weighted by atomic mass is 10.1. The molecule has 10 heteroatoms. The van der Waals surface area contributed by atoms with Crippen molar-refractivity contribution in [3.8, 4) is 0 Å². The van der Waals surface area contributed by atoms with Gasteiger partial charge >= 0.3 is 0 Å². The highest BCUT2D eigenvalue weighted by molar-refractivity contribution is 6.25. The molecular weight excluding hydrogens is 396 g/mol. The first kappa shape index (κ1) is 19.6. The highest BCUT2D eigenvalue weighted by Gasteiger charge is 2.55. The highest BCUT2D eigenvalue weighted by Crippen LogP contribution is 2.32. The molecule has 1 N–H and O–H groups in total. The number of hydrogen-bond acceptors (Lipinski definition) is 6. The summed E-state index contributed by atoms with van der Waals surface area (Å²) in [6.45, 7) is 3.48. The molecule has 2 atom stereocenters. The number of hydrogen-bond donors (Lipinski definition) is 1. The molecule has 0 unspecified atom stereocenters. The summed E-state index contributed by atoms with van der Waals surface area (Å²) in [7, 11) is 0. The molecule has 2 aliphatic heterocycles. The van der Waals surface area contributed by atoms with Gasteiger partial charge in [-0.05, 0) is 43.2 Å². The van der Waals surface area contributed by atoms with E-state index in [9.17, 15) is 23.2 Å². The van der Waals surface area contributed by atoms with E-state index in [2.05, 4.69) is 15.7 Å². The molecule has 30 heavy (non-hydrogen) atoms. The number of amides is 3. The molecule has 3 amide bonds. The van der Waals surface area contributed by atoms with E-state index in [0.717, 1.165) is 39.2 Å². The van der Waals surface area contributed by atoms with Crippen molar-refractivity contribution in [1.82, 2.24) is 5.01 Å². The smallest absolute Gasteiger partial charge is 0.263 e. The van der Waals surface area contributed by atoms with Crippen molar-refractivity contribution in [3.63, 3.8) is 0 Å². The first-order valence-electron chi connectivity index (χ1n) is 9.14. The van der Waals surface area contributed by atoms with Gasteiger partial charge in [0.15, 0.2) is 23.7 Å². The van der Waals surface area contributed by atoms with Crippen molar-refractivity contribution in [3.05, 3.63) is 59.2 Å². The molecule has 1 saturated heterocycles. The van der Waals surface area contributed by atoms with Crippen LogP contribution in [0.1, 0.15) is 11.1 Å². The summed E-state index contributed by atoms with van der Waals surface area (Å²) in [5, 5.41) is 11.5. The molecule has 2 aromatic carbocycles. The third kappa shape index (κ3) is 3.19. The van der Waals surface area contributed by atoms with Gasteiger partial charge in [0, 0.05) is 11.8 Å². The number of rotatable bonds is 4. The lowest BCUT2D eigenvalue weighted by molar-refractivity contribution is -0.123.